The second kappa shape index (κ2) is 7.95. The Labute approximate surface area is 153 Å². The number of carbonyl (C=O) groups excluding carboxylic acids is 3. The summed E-state index contributed by atoms with van der Waals surface area (Å²) in [6, 6.07) is 3.84. The summed E-state index contributed by atoms with van der Waals surface area (Å²) in [6.45, 7) is 0. The molecule has 0 aromatic carbocycles. The maximum atomic E-state index is 12.7. The van der Waals surface area contributed by atoms with Crippen molar-refractivity contribution in [3.63, 3.8) is 0 Å². The number of hydrogen-bond acceptors (Lipinski definition) is 7. The Hall–Kier alpha value is -3.95. The normalized spacial score (nSPS) is 11.6. The van der Waals surface area contributed by atoms with Crippen molar-refractivity contribution >= 4 is 17.6 Å². The predicted molar refractivity (Wildman–Crippen MR) is 92.6 cm³/mol. The van der Waals surface area contributed by atoms with E-state index in [0.29, 0.717) is 11.4 Å². The third kappa shape index (κ3) is 4.18. The van der Waals surface area contributed by atoms with Gasteiger partial charge in [0, 0.05) is 25.0 Å². The zero-order valence-corrected chi connectivity index (χ0v) is 14.0. The summed E-state index contributed by atoms with van der Waals surface area (Å²) in [6.07, 6.45) is 8.78. The molecule has 1 unspecified atom stereocenters. The van der Waals surface area contributed by atoms with Gasteiger partial charge < -0.3 is 11.1 Å². The molecule has 1 atom stereocenters. The van der Waals surface area contributed by atoms with Crippen molar-refractivity contribution in [3.8, 4) is 5.82 Å². The van der Waals surface area contributed by atoms with Crippen LogP contribution in [-0.2, 0) is 16.0 Å². The smallest absolute Gasteiger partial charge is 0.287 e. The van der Waals surface area contributed by atoms with Crippen LogP contribution in [0.5, 0.6) is 0 Å². The van der Waals surface area contributed by atoms with Crippen LogP contribution in [0.25, 0.3) is 5.82 Å². The molecule has 2 amide bonds. The first-order chi connectivity index (χ1) is 13.1. The number of aromatic nitrogens is 5. The lowest BCUT2D eigenvalue weighted by Gasteiger charge is -2.16. The minimum absolute atomic E-state index is 0.0949. The summed E-state index contributed by atoms with van der Waals surface area (Å²) in [4.78, 5) is 51.9. The van der Waals surface area contributed by atoms with E-state index in [2.05, 4.69) is 25.3 Å². The number of rotatable bonds is 7. The first-order valence-corrected chi connectivity index (χ1v) is 7.88. The van der Waals surface area contributed by atoms with Crippen LogP contribution in [0, 0.1) is 0 Å². The molecule has 0 saturated heterocycles. The number of pyridine rings is 1. The molecule has 10 heteroatoms. The number of nitrogens with one attached hydrogen (secondary N) is 1. The highest BCUT2D eigenvalue weighted by molar-refractivity contribution is 6.38. The fourth-order valence-corrected chi connectivity index (χ4v) is 2.44. The molecular weight excluding hydrogens is 350 g/mol. The number of carbonyl (C=O) groups is 3. The van der Waals surface area contributed by atoms with Gasteiger partial charge in [-0.3, -0.25) is 23.9 Å². The fourth-order valence-electron chi connectivity index (χ4n) is 2.44. The molecule has 0 aliphatic rings. The highest BCUT2D eigenvalue weighted by Gasteiger charge is 2.27. The molecule has 0 aliphatic carbocycles. The monoisotopic (exact) mass is 365 g/mol. The summed E-state index contributed by atoms with van der Waals surface area (Å²) >= 11 is 0. The lowest BCUT2D eigenvalue weighted by atomic mass is 10.0. The van der Waals surface area contributed by atoms with Crippen LogP contribution in [0.3, 0.4) is 0 Å². The molecule has 0 saturated carbocycles. The van der Waals surface area contributed by atoms with E-state index >= 15 is 0 Å². The van der Waals surface area contributed by atoms with Crippen molar-refractivity contribution in [3.05, 3.63) is 66.9 Å². The highest BCUT2D eigenvalue weighted by Crippen LogP contribution is 2.09. The van der Waals surface area contributed by atoms with Gasteiger partial charge in [0.2, 0.25) is 5.78 Å². The Bertz CT molecular complexity index is 957. The number of primary amides is 1. The lowest BCUT2D eigenvalue weighted by Crippen LogP contribution is -2.47. The SMILES string of the molecule is NC(=O)C(=O)C(Cc1ccncc1)NC(=O)c1cncn1-c1ccncn1. The van der Waals surface area contributed by atoms with Crippen LogP contribution in [0.1, 0.15) is 16.1 Å². The average Bonchev–Trinajstić information content (AvgIpc) is 3.18. The summed E-state index contributed by atoms with van der Waals surface area (Å²) in [5.74, 6) is -2.19. The fraction of sp³-hybridized carbons (Fsp3) is 0.118. The summed E-state index contributed by atoms with van der Waals surface area (Å²) in [5.41, 5.74) is 5.98. The second-order valence-corrected chi connectivity index (χ2v) is 5.53. The molecule has 0 bridgehead atoms. The molecule has 0 radical (unpaired) electrons. The van der Waals surface area contributed by atoms with Crippen molar-refractivity contribution in [1.29, 1.82) is 0 Å². The number of nitrogens with zero attached hydrogens (tertiary/aromatic N) is 5. The number of nitrogens with two attached hydrogens (primary N) is 1. The third-order valence-electron chi connectivity index (χ3n) is 3.74. The summed E-state index contributed by atoms with van der Waals surface area (Å²) in [5, 5.41) is 2.55. The second-order valence-electron chi connectivity index (χ2n) is 5.53. The van der Waals surface area contributed by atoms with E-state index in [1.807, 2.05) is 0 Å². The van der Waals surface area contributed by atoms with E-state index < -0.39 is 23.6 Å². The summed E-state index contributed by atoms with van der Waals surface area (Å²) in [7, 11) is 0. The van der Waals surface area contributed by atoms with Crippen molar-refractivity contribution in [1.82, 2.24) is 29.8 Å². The number of amides is 2. The van der Waals surface area contributed by atoms with Gasteiger partial charge in [0.25, 0.3) is 11.8 Å². The molecule has 3 aromatic heterocycles. The molecule has 3 N–H and O–H groups in total. The van der Waals surface area contributed by atoms with Crippen molar-refractivity contribution in [2.75, 3.05) is 0 Å². The Balaban J connectivity index is 1.84. The van der Waals surface area contributed by atoms with Crippen LogP contribution in [-0.4, -0.2) is 48.1 Å². The minimum Gasteiger partial charge on any atom is -0.363 e. The lowest BCUT2D eigenvalue weighted by molar-refractivity contribution is -0.137. The van der Waals surface area contributed by atoms with Gasteiger partial charge in [-0.05, 0) is 23.8 Å². The topological polar surface area (TPSA) is 146 Å². The van der Waals surface area contributed by atoms with Crippen LogP contribution in [0.15, 0.2) is 55.6 Å². The predicted octanol–water partition coefficient (Wildman–Crippen LogP) is -0.547. The van der Waals surface area contributed by atoms with Gasteiger partial charge in [-0.1, -0.05) is 0 Å². The van der Waals surface area contributed by atoms with E-state index in [1.165, 1.54) is 29.6 Å². The first-order valence-electron chi connectivity index (χ1n) is 7.88. The average molecular weight is 365 g/mol. The molecule has 3 rings (SSSR count). The molecule has 10 nitrogen and oxygen atoms in total. The third-order valence-corrected chi connectivity index (χ3v) is 3.74. The Morgan fingerprint density at radius 1 is 1.07 bits per heavy atom. The van der Waals surface area contributed by atoms with Crippen LogP contribution in [0.2, 0.25) is 0 Å². The molecule has 0 spiro atoms. The standard InChI is InChI=1S/C17H15N7O3/c18-16(26)15(25)12(7-11-1-4-19-5-2-11)23-17(27)13-8-21-10-24(13)14-3-6-20-9-22-14/h1-6,8-10,12H,7H2,(H2,18,26)(H,23,27). The zero-order chi connectivity index (χ0) is 19.2. The molecule has 3 heterocycles. The first kappa shape index (κ1) is 17.9. The van der Waals surface area contributed by atoms with E-state index in [9.17, 15) is 14.4 Å². The number of Topliss-reactive ketones (excluding diaryl/α,β-unsaturated/α-hetero) is 1. The van der Waals surface area contributed by atoms with Crippen molar-refractivity contribution < 1.29 is 14.4 Å². The maximum Gasteiger partial charge on any atom is 0.287 e. The van der Waals surface area contributed by atoms with Crippen molar-refractivity contribution in [2.45, 2.75) is 12.5 Å². The van der Waals surface area contributed by atoms with Gasteiger partial charge in [-0.25, -0.2) is 15.0 Å². The number of hydrogen-bond donors (Lipinski definition) is 2. The van der Waals surface area contributed by atoms with Gasteiger partial charge in [0.15, 0.2) is 0 Å². The van der Waals surface area contributed by atoms with Crippen LogP contribution < -0.4 is 11.1 Å². The molecule has 136 valence electrons. The Kier molecular flexibility index (Phi) is 5.26. The van der Waals surface area contributed by atoms with E-state index in [0.717, 1.165) is 0 Å². The molecule has 0 fully saturated rings. The van der Waals surface area contributed by atoms with Gasteiger partial charge >= 0.3 is 0 Å². The molecule has 0 aliphatic heterocycles. The Morgan fingerprint density at radius 3 is 2.48 bits per heavy atom. The van der Waals surface area contributed by atoms with Crippen LogP contribution >= 0.6 is 0 Å². The van der Waals surface area contributed by atoms with Crippen molar-refractivity contribution in [2.24, 2.45) is 5.73 Å². The highest BCUT2D eigenvalue weighted by atomic mass is 16.2. The van der Waals surface area contributed by atoms with Crippen LogP contribution in [0.4, 0.5) is 0 Å². The molecular formula is C17H15N7O3. The van der Waals surface area contributed by atoms with E-state index in [-0.39, 0.29) is 12.1 Å². The number of imidazole rings is 1. The molecule has 3 aromatic rings. The number of ketones is 1. The Morgan fingerprint density at radius 2 is 1.81 bits per heavy atom. The zero-order valence-electron chi connectivity index (χ0n) is 14.0. The van der Waals surface area contributed by atoms with Gasteiger partial charge in [0.1, 0.15) is 30.2 Å². The molecule has 27 heavy (non-hydrogen) atoms. The van der Waals surface area contributed by atoms with Gasteiger partial charge in [-0.15, -0.1) is 0 Å². The minimum atomic E-state index is -1.13. The summed E-state index contributed by atoms with van der Waals surface area (Å²) < 4.78 is 1.44. The van der Waals surface area contributed by atoms with Gasteiger partial charge in [-0.2, -0.15) is 0 Å². The van der Waals surface area contributed by atoms with E-state index in [1.54, 1.807) is 30.6 Å². The van der Waals surface area contributed by atoms with Gasteiger partial charge in [0.05, 0.1) is 6.20 Å². The largest absolute Gasteiger partial charge is 0.363 e. The maximum absolute atomic E-state index is 12.7. The quantitative estimate of drug-likeness (QED) is 0.534. The van der Waals surface area contributed by atoms with E-state index in [4.69, 9.17) is 5.73 Å².